The third-order valence-corrected chi connectivity index (χ3v) is 2.34. The van der Waals surface area contributed by atoms with Gasteiger partial charge < -0.3 is 9.84 Å². The van der Waals surface area contributed by atoms with E-state index in [1.54, 1.807) is 24.3 Å². The van der Waals surface area contributed by atoms with E-state index in [4.69, 9.17) is 21.4 Å². The van der Waals surface area contributed by atoms with Gasteiger partial charge in [-0.05, 0) is 18.2 Å². The number of para-hydroxylation sites is 1. The van der Waals surface area contributed by atoms with Crippen LogP contribution < -0.4 is 4.74 Å². The van der Waals surface area contributed by atoms with E-state index in [-0.39, 0.29) is 5.56 Å². The van der Waals surface area contributed by atoms with Crippen molar-refractivity contribution in [3.63, 3.8) is 0 Å². The Morgan fingerprint density at radius 3 is 2.76 bits per heavy atom. The van der Waals surface area contributed by atoms with E-state index in [0.717, 1.165) is 0 Å². The molecule has 4 nitrogen and oxygen atoms in total. The summed E-state index contributed by atoms with van der Waals surface area (Å²) in [5, 5.41) is 9.26. The first kappa shape index (κ1) is 11.4. The van der Waals surface area contributed by atoms with E-state index in [2.05, 4.69) is 4.98 Å². The summed E-state index contributed by atoms with van der Waals surface area (Å²) in [6, 6.07) is 8.32. The lowest BCUT2D eigenvalue weighted by Crippen LogP contribution is -1.97. The third-order valence-electron chi connectivity index (χ3n) is 2.02. The van der Waals surface area contributed by atoms with Crippen LogP contribution in [0.25, 0.3) is 0 Å². The molecule has 0 aliphatic heterocycles. The Morgan fingerprint density at radius 1 is 1.29 bits per heavy atom. The lowest BCUT2D eigenvalue weighted by molar-refractivity contribution is 0.0696. The summed E-state index contributed by atoms with van der Waals surface area (Å²) in [5.41, 5.74) is 0.0644. The maximum atomic E-state index is 10.8. The molecule has 5 heteroatoms. The fraction of sp³-hybridized carbons (Fsp3) is 0. The minimum atomic E-state index is -1.05. The second-order valence-electron chi connectivity index (χ2n) is 3.25. The summed E-state index contributed by atoms with van der Waals surface area (Å²) in [4.78, 5) is 14.5. The van der Waals surface area contributed by atoms with Crippen LogP contribution in [0.4, 0.5) is 0 Å². The Labute approximate surface area is 102 Å². The Morgan fingerprint density at radius 2 is 2.06 bits per heavy atom. The number of rotatable bonds is 3. The van der Waals surface area contributed by atoms with Gasteiger partial charge in [-0.15, -0.1) is 0 Å². The van der Waals surface area contributed by atoms with E-state index in [0.29, 0.717) is 16.5 Å². The van der Waals surface area contributed by atoms with Crippen molar-refractivity contribution >= 4 is 17.6 Å². The van der Waals surface area contributed by atoms with Crippen molar-refractivity contribution in [2.45, 2.75) is 0 Å². The molecule has 0 saturated carbocycles. The molecule has 1 aromatic carbocycles. The van der Waals surface area contributed by atoms with Crippen LogP contribution in [-0.4, -0.2) is 16.1 Å². The number of carboxylic acids is 1. The van der Waals surface area contributed by atoms with Crippen LogP contribution >= 0.6 is 11.6 Å². The van der Waals surface area contributed by atoms with Crippen LogP contribution in [0.1, 0.15) is 10.4 Å². The minimum absolute atomic E-state index is 0.0644. The van der Waals surface area contributed by atoms with E-state index in [1.807, 2.05) is 0 Å². The quantitative estimate of drug-likeness (QED) is 0.907. The second kappa shape index (κ2) is 4.84. The lowest BCUT2D eigenvalue weighted by Gasteiger charge is -2.06. The molecule has 0 saturated heterocycles. The number of nitrogens with zero attached hydrogens (tertiary/aromatic N) is 1. The van der Waals surface area contributed by atoms with Gasteiger partial charge in [-0.2, -0.15) is 0 Å². The fourth-order valence-corrected chi connectivity index (χ4v) is 1.42. The molecule has 0 aliphatic carbocycles. The van der Waals surface area contributed by atoms with Gasteiger partial charge in [-0.25, -0.2) is 4.79 Å². The van der Waals surface area contributed by atoms with Crippen LogP contribution in [0.2, 0.25) is 5.02 Å². The number of carboxylic acid groups (broad SMARTS) is 1. The average molecular weight is 250 g/mol. The van der Waals surface area contributed by atoms with Gasteiger partial charge in [-0.1, -0.05) is 23.7 Å². The lowest BCUT2D eigenvalue weighted by atomic mass is 10.3. The van der Waals surface area contributed by atoms with Crippen molar-refractivity contribution in [3.05, 3.63) is 53.3 Å². The van der Waals surface area contributed by atoms with E-state index >= 15 is 0 Å². The first-order valence-electron chi connectivity index (χ1n) is 4.77. The Bertz CT molecular complexity index is 557. The molecule has 2 aromatic rings. The molecule has 0 fully saturated rings. The number of aromatic nitrogens is 1. The van der Waals surface area contributed by atoms with Crippen LogP contribution in [0.5, 0.6) is 11.5 Å². The third kappa shape index (κ3) is 2.73. The molecule has 0 aliphatic rings. The highest BCUT2D eigenvalue weighted by atomic mass is 35.5. The maximum absolute atomic E-state index is 10.8. The fourth-order valence-electron chi connectivity index (χ4n) is 1.25. The molecule has 86 valence electrons. The second-order valence-corrected chi connectivity index (χ2v) is 3.65. The molecular formula is C12H8ClNO3. The minimum Gasteiger partial charge on any atom is -0.478 e. The van der Waals surface area contributed by atoms with E-state index in [1.165, 1.54) is 18.5 Å². The first-order valence-corrected chi connectivity index (χ1v) is 5.15. The SMILES string of the molecule is O=C(O)c1cncc(Oc2ccccc2Cl)c1. The number of hydrogen-bond donors (Lipinski definition) is 1. The van der Waals surface area contributed by atoms with Crippen LogP contribution in [0.3, 0.4) is 0 Å². The summed E-state index contributed by atoms with van der Waals surface area (Å²) < 4.78 is 5.44. The number of ether oxygens (including phenoxy) is 1. The van der Waals surface area contributed by atoms with Crippen molar-refractivity contribution in [2.24, 2.45) is 0 Å². The van der Waals surface area contributed by atoms with Gasteiger partial charge >= 0.3 is 5.97 Å². The van der Waals surface area contributed by atoms with Crippen molar-refractivity contribution in [1.29, 1.82) is 0 Å². The number of hydrogen-bond acceptors (Lipinski definition) is 3. The first-order chi connectivity index (χ1) is 8.16. The van der Waals surface area contributed by atoms with Gasteiger partial charge in [0.2, 0.25) is 0 Å². The molecule has 0 unspecified atom stereocenters. The maximum Gasteiger partial charge on any atom is 0.337 e. The van der Waals surface area contributed by atoms with Crippen LogP contribution in [-0.2, 0) is 0 Å². The highest BCUT2D eigenvalue weighted by Gasteiger charge is 2.07. The monoisotopic (exact) mass is 249 g/mol. The molecule has 0 amide bonds. The molecule has 0 atom stereocenters. The standard InChI is InChI=1S/C12H8ClNO3/c13-10-3-1-2-4-11(10)17-9-5-8(12(15)16)6-14-7-9/h1-7H,(H,15,16). The Balaban J connectivity index is 2.28. The number of carbonyl (C=O) groups is 1. The number of aromatic carboxylic acids is 1. The molecule has 0 radical (unpaired) electrons. The number of benzene rings is 1. The smallest absolute Gasteiger partial charge is 0.337 e. The number of pyridine rings is 1. The van der Waals surface area contributed by atoms with Gasteiger partial charge in [0, 0.05) is 6.20 Å². The van der Waals surface area contributed by atoms with Crippen molar-refractivity contribution in [2.75, 3.05) is 0 Å². The highest BCUT2D eigenvalue weighted by molar-refractivity contribution is 6.32. The largest absolute Gasteiger partial charge is 0.478 e. The predicted octanol–water partition coefficient (Wildman–Crippen LogP) is 3.23. The normalized spacial score (nSPS) is 9.94. The Hall–Kier alpha value is -2.07. The molecule has 1 N–H and O–H groups in total. The predicted molar refractivity (Wildman–Crippen MR) is 62.7 cm³/mol. The zero-order chi connectivity index (χ0) is 12.3. The molecule has 1 heterocycles. The molecular weight excluding hydrogens is 242 g/mol. The summed E-state index contributed by atoms with van der Waals surface area (Å²) in [5.74, 6) is -0.265. The molecule has 0 spiro atoms. The average Bonchev–Trinajstić information content (AvgIpc) is 2.32. The van der Waals surface area contributed by atoms with E-state index in [9.17, 15) is 4.79 Å². The zero-order valence-corrected chi connectivity index (χ0v) is 9.39. The van der Waals surface area contributed by atoms with Crippen molar-refractivity contribution in [3.8, 4) is 11.5 Å². The summed E-state index contributed by atoms with van der Waals surface area (Å²) in [7, 11) is 0. The Kier molecular flexibility index (Phi) is 3.25. The van der Waals surface area contributed by atoms with E-state index < -0.39 is 5.97 Å². The van der Waals surface area contributed by atoms with Gasteiger partial charge in [0.25, 0.3) is 0 Å². The van der Waals surface area contributed by atoms with Crippen LogP contribution in [0, 0.1) is 0 Å². The summed E-state index contributed by atoms with van der Waals surface area (Å²) >= 11 is 5.91. The topological polar surface area (TPSA) is 59.4 Å². The highest BCUT2D eigenvalue weighted by Crippen LogP contribution is 2.28. The van der Waals surface area contributed by atoms with Gasteiger partial charge in [0.05, 0.1) is 16.8 Å². The van der Waals surface area contributed by atoms with Crippen LogP contribution in [0.15, 0.2) is 42.7 Å². The van der Waals surface area contributed by atoms with Gasteiger partial charge in [-0.3, -0.25) is 4.98 Å². The van der Waals surface area contributed by atoms with Gasteiger partial charge in [0.15, 0.2) is 0 Å². The zero-order valence-electron chi connectivity index (χ0n) is 8.63. The van der Waals surface area contributed by atoms with Crippen molar-refractivity contribution < 1.29 is 14.6 Å². The van der Waals surface area contributed by atoms with Gasteiger partial charge in [0.1, 0.15) is 11.5 Å². The molecule has 0 bridgehead atoms. The summed E-state index contributed by atoms with van der Waals surface area (Å²) in [6.45, 7) is 0. The summed E-state index contributed by atoms with van der Waals surface area (Å²) in [6.07, 6.45) is 2.68. The molecule has 2 rings (SSSR count). The number of halogens is 1. The molecule has 17 heavy (non-hydrogen) atoms. The molecule has 1 aromatic heterocycles. The van der Waals surface area contributed by atoms with Crippen molar-refractivity contribution in [1.82, 2.24) is 4.98 Å².